The van der Waals surface area contributed by atoms with Gasteiger partial charge in [-0.05, 0) is 108 Å². The van der Waals surface area contributed by atoms with Crippen molar-refractivity contribution in [3.05, 3.63) is 211 Å². The van der Waals surface area contributed by atoms with Gasteiger partial charge in [0.25, 0.3) is 0 Å². The highest BCUT2D eigenvalue weighted by Crippen LogP contribution is 2.55. The van der Waals surface area contributed by atoms with E-state index in [1.807, 2.05) is 0 Å². The van der Waals surface area contributed by atoms with Crippen molar-refractivity contribution in [3.8, 4) is 44.5 Å². The van der Waals surface area contributed by atoms with Crippen LogP contribution in [0.3, 0.4) is 0 Å². The highest BCUT2D eigenvalue weighted by atomic mass is 15.3. The average Bonchev–Trinajstić information content (AvgIpc) is 3.75. The standard InChI is InChI=1S/C54H40N2/c1-54(2)46-26-16-25-40(35-29-31-38(32-30-35)53-55-48-27-14-15-28-49(48)56(53)39-21-10-5-11-22-39)52(46)45-33-43-44(34-47(45)54)51(37-19-8-4-9-20-37)42-24-13-12-23-41(42)50(43)36-17-6-3-7-18-36/h3-34,53,55H,1-2H3/p+1. The van der Waals surface area contributed by atoms with Gasteiger partial charge in [0.05, 0.1) is 0 Å². The Labute approximate surface area is 328 Å². The molecule has 1 unspecified atom stereocenters. The molecule has 2 heteroatoms. The predicted octanol–water partition coefficient (Wildman–Crippen LogP) is 13.3. The molecule has 0 saturated carbocycles. The number of hydrogen-bond donors (Lipinski definition) is 1. The molecule has 2 nitrogen and oxygen atoms in total. The van der Waals surface area contributed by atoms with Crippen LogP contribution in [0.2, 0.25) is 0 Å². The van der Waals surface area contributed by atoms with Gasteiger partial charge in [-0.15, -0.1) is 0 Å². The first-order valence-electron chi connectivity index (χ1n) is 19.7. The van der Waals surface area contributed by atoms with Crippen molar-refractivity contribution in [2.45, 2.75) is 25.4 Å². The number of quaternary nitrogens is 1. The molecule has 9 aromatic rings. The Kier molecular flexibility index (Phi) is 7.39. The first-order chi connectivity index (χ1) is 27.6. The van der Waals surface area contributed by atoms with Crippen molar-refractivity contribution in [2.75, 3.05) is 4.90 Å². The van der Waals surface area contributed by atoms with Crippen LogP contribution in [0.4, 0.5) is 17.1 Å². The molecule has 1 atom stereocenters. The highest BCUT2D eigenvalue weighted by Gasteiger charge is 2.39. The molecule has 1 aliphatic heterocycles. The Hall–Kier alpha value is -6.74. The second kappa shape index (κ2) is 12.7. The Balaban J connectivity index is 1.10. The number of rotatable bonds is 5. The topological polar surface area (TPSA) is 19.9 Å². The molecule has 0 radical (unpaired) electrons. The van der Waals surface area contributed by atoms with Gasteiger partial charge in [0.1, 0.15) is 5.69 Å². The lowest BCUT2D eigenvalue weighted by molar-refractivity contribution is -0.606. The molecule has 0 aromatic heterocycles. The molecule has 9 aromatic carbocycles. The molecule has 11 rings (SSSR count). The third-order valence-electron chi connectivity index (χ3n) is 12.4. The summed E-state index contributed by atoms with van der Waals surface area (Å²) < 4.78 is 0. The minimum Gasteiger partial charge on any atom is -0.288 e. The second-order valence-electron chi connectivity index (χ2n) is 15.8. The maximum atomic E-state index is 2.53. The molecule has 0 saturated heterocycles. The van der Waals surface area contributed by atoms with E-state index in [1.54, 1.807) is 0 Å². The molecule has 266 valence electrons. The largest absolute Gasteiger partial charge is 0.288 e. The van der Waals surface area contributed by atoms with Gasteiger partial charge in [-0.1, -0.05) is 172 Å². The number of benzene rings is 9. The van der Waals surface area contributed by atoms with E-state index in [2.05, 4.69) is 218 Å². The SMILES string of the molecule is CC1(C)c2cc3c(-c4ccccc4)c4ccccc4c(-c4ccccc4)c3cc2-c2c(-c3ccc(C4[NH2+]c5ccccc5N4c4ccccc4)cc3)cccc21. The van der Waals surface area contributed by atoms with Crippen molar-refractivity contribution < 1.29 is 5.32 Å². The number of hydrogen-bond acceptors (Lipinski definition) is 1. The average molecular weight is 718 g/mol. The van der Waals surface area contributed by atoms with Crippen LogP contribution in [-0.2, 0) is 5.41 Å². The Bertz CT molecular complexity index is 2950. The molecular weight excluding hydrogens is 677 g/mol. The van der Waals surface area contributed by atoms with Crippen LogP contribution in [-0.4, -0.2) is 0 Å². The van der Waals surface area contributed by atoms with Crippen molar-refractivity contribution in [1.29, 1.82) is 0 Å². The molecule has 0 bridgehead atoms. The highest BCUT2D eigenvalue weighted by molar-refractivity contribution is 6.22. The fraction of sp³-hybridized carbons (Fsp3) is 0.0741. The molecular formula is C54H41N2+. The molecule has 1 heterocycles. The zero-order valence-corrected chi connectivity index (χ0v) is 31.6. The molecule has 56 heavy (non-hydrogen) atoms. The minimum absolute atomic E-state index is 0.112. The summed E-state index contributed by atoms with van der Waals surface area (Å²) in [6.07, 6.45) is 0.112. The smallest absolute Gasteiger partial charge is 0.197 e. The Morgan fingerprint density at radius 2 is 1.00 bits per heavy atom. The van der Waals surface area contributed by atoms with Gasteiger partial charge in [0.15, 0.2) is 11.9 Å². The van der Waals surface area contributed by atoms with Gasteiger partial charge in [-0.2, -0.15) is 0 Å². The van der Waals surface area contributed by atoms with Crippen molar-refractivity contribution >= 4 is 38.6 Å². The van der Waals surface area contributed by atoms with Crippen LogP contribution < -0.4 is 10.2 Å². The molecule has 0 spiro atoms. The van der Waals surface area contributed by atoms with E-state index in [4.69, 9.17) is 0 Å². The van der Waals surface area contributed by atoms with Crippen LogP contribution in [0.5, 0.6) is 0 Å². The normalized spacial score (nSPS) is 15.2. The summed E-state index contributed by atoms with van der Waals surface area (Å²) >= 11 is 0. The maximum absolute atomic E-state index is 2.53. The van der Waals surface area contributed by atoms with Crippen molar-refractivity contribution in [2.24, 2.45) is 0 Å². The second-order valence-corrected chi connectivity index (χ2v) is 15.8. The van der Waals surface area contributed by atoms with E-state index >= 15 is 0 Å². The lowest BCUT2D eigenvalue weighted by Crippen LogP contribution is -2.79. The lowest BCUT2D eigenvalue weighted by Gasteiger charge is -2.24. The van der Waals surface area contributed by atoms with Crippen LogP contribution in [0.15, 0.2) is 194 Å². The summed E-state index contributed by atoms with van der Waals surface area (Å²) in [7, 11) is 0. The molecule has 1 aliphatic carbocycles. The Morgan fingerprint density at radius 3 is 1.66 bits per heavy atom. The summed E-state index contributed by atoms with van der Waals surface area (Å²) in [5, 5.41) is 7.56. The van der Waals surface area contributed by atoms with E-state index in [9.17, 15) is 0 Å². The summed E-state index contributed by atoms with van der Waals surface area (Å²) in [4.78, 5) is 2.46. The van der Waals surface area contributed by atoms with E-state index in [0.29, 0.717) is 0 Å². The number of anilines is 2. The number of nitrogens with zero attached hydrogens (tertiary/aromatic N) is 1. The van der Waals surface area contributed by atoms with Gasteiger partial charge in [-0.25, -0.2) is 0 Å². The molecule has 2 aliphatic rings. The third-order valence-corrected chi connectivity index (χ3v) is 12.4. The molecule has 0 amide bonds. The van der Waals surface area contributed by atoms with Gasteiger partial charge < -0.3 is 0 Å². The van der Waals surface area contributed by atoms with Crippen LogP contribution in [0.1, 0.15) is 36.7 Å². The molecule has 0 fully saturated rings. The zero-order chi connectivity index (χ0) is 37.4. The van der Waals surface area contributed by atoms with E-state index < -0.39 is 0 Å². The lowest BCUT2D eigenvalue weighted by atomic mass is 9.79. The fourth-order valence-electron chi connectivity index (χ4n) is 9.76. The third kappa shape index (κ3) is 4.93. The van der Waals surface area contributed by atoms with Gasteiger partial charge >= 0.3 is 0 Å². The van der Waals surface area contributed by atoms with E-state index in [-0.39, 0.29) is 11.6 Å². The van der Waals surface area contributed by atoms with Gasteiger partial charge in [0, 0.05) is 22.7 Å². The van der Waals surface area contributed by atoms with Crippen LogP contribution in [0.25, 0.3) is 66.1 Å². The van der Waals surface area contributed by atoms with Gasteiger partial charge in [0.2, 0.25) is 0 Å². The molecule has 2 N–H and O–H groups in total. The summed E-state index contributed by atoms with van der Waals surface area (Å²) in [5.41, 5.74) is 17.9. The Morgan fingerprint density at radius 1 is 0.429 bits per heavy atom. The van der Waals surface area contributed by atoms with Crippen molar-refractivity contribution in [1.82, 2.24) is 0 Å². The maximum Gasteiger partial charge on any atom is 0.197 e. The number of fused-ring (bicyclic) bond motifs is 6. The quantitative estimate of drug-likeness (QED) is 0.139. The summed E-state index contributed by atoms with van der Waals surface area (Å²) in [5.74, 6) is 0. The predicted molar refractivity (Wildman–Crippen MR) is 235 cm³/mol. The summed E-state index contributed by atoms with van der Waals surface area (Å²) in [6, 6.07) is 71.8. The zero-order valence-electron chi connectivity index (χ0n) is 31.6. The van der Waals surface area contributed by atoms with Crippen molar-refractivity contribution in [3.63, 3.8) is 0 Å². The monoisotopic (exact) mass is 717 g/mol. The van der Waals surface area contributed by atoms with Gasteiger partial charge in [-0.3, -0.25) is 10.2 Å². The van der Waals surface area contributed by atoms with Crippen LogP contribution >= 0.6 is 0 Å². The van der Waals surface area contributed by atoms with Crippen LogP contribution in [0, 0.1) is 0 Å². The minimum atomic E-state index is -0.178. The first kappa shape index (κ1) is 32.7. The van der Waals surface area contributed by atoms with E-state index in [0.717, 1.165) is 0 Å². The number of para-hydroxylation sites is 3. The number of nitrogens with two attached hydrogens (primary N) is 1. The first-order valence-corrected chi connectivity index (χ1v) is 19.7. The van der Waals surface area contributed by atoms with E-state index in [1.165, 1.54) is 99.8 Å². The fourth-order valence-corrected chi connectivity index (χ4v) is 9.76. The summed E-state index contributed by atoms with van der Waals surface area (Å²) in [6.45, 7) is 4.81.